The largest absolute Gasteiger partial charge is 0.493 e. The molecule has 104 valence electrons. The molecule has 1 heterocycles. The van der Waals surface area contributed by atoms with E-state index in [-0.39, 0.29) is 6.73 Å². The molecule has 7 nitrogen and oxygen atoms in total. The molecule has 19 heavy (non-hydrogen) atoms. The number of hydrogen-bond acceptors (Lipinski definition) is 6. The number of carbonyl (C=O) groups is 1. The maximum Gasteiger partial charge on any atom is 0.414 e. The summed E-state index contributed by atoms with van der Waals surface area (Å²) in [6.07, 6.45) is -0.415. The van der Waals surface area contributed by atoms with Crippen LogP contribution in [0.25, 0.3) is 0 Å². The van der Waals surface area contributed by atoms with Crippen LogP contribution >= 0.6 is 0 Å². The van der Waals surface area contributed by atoms with Crippen LogP contribution in [0.3, 0.4) is 0 Å². The molecule has 0 bridgehead atoms. The Morgan fingerprint density at radius 3 is 2.63 bits per heavy atom. The molecule has 2 N–H and O–H groups in total. The number of ether oxygens (including phenoxy) is 4. The van der Waals surface area contributed by atoms with Crippen LogP contribution in [-0.4, -0.2) is 40.2 Å². The second-order valence-corrected chi connectivity index (χ2v) is 3.73. The highest BCUT2D eigenvalue weighted by Gasteiger charge is 2.29. The maximum absolute atomic E-state index is 11.6. The molecule has 0 aromatic heterocycles. The summed E-state index contributed by atoms with van der Waals surface area (Å²) in [6.45, 7) is 0.783. The summed E-state index contributed by atoms with van der Waals surface area (Å²) >= 11 is 0. The monoisotopic (exact) mass is 268 g/mol. The lowest BCUT2D eigenvalue weighted by Crippen LogP contribution is -2.24. The molecule has 7 heteroatoms. The van der Waals surface area contributed by atoms with Crippen molar-refractivity contribution in [3.8, 4) is 17.2 Å². The number of rotatable bonds is 5. The van der Waals surface area contributed by atoms with E-state index in [1.165, 1.54) is 19.1 Å². The predicted octanol–water partition coefficient (Wildman–Crippen LogP) is 0.955. The van der Waals surface area contributed by atoms with Gasteiger partial charge in [0.05, 0.1) is 26.5 Å². The van der Waals surface area contributed by atoms with Crippen LogP contribution in [-0.2, 0) is 4.74 Å². The van der Waals surface area contributed by atoms with Crippen molar-refractivity contribution in [1.29, 1.82) is 0 Å². The molecular formula is C12H16N2O5. The highest BCUT2D eigenvalue weighted by atomic mass is 16.6. The zero-order valence-electron chi connectivity index (χ0n) is 10.8. The molecule has 0 saturated carbocycles. The Morgan fingerprint density at radius 1 is 1.32 bits per heavy atom. The Hall–Kier alpha value is -2.15. The molecule has 1 aromatic carbocycles. The quantitative estimate of drug-likeness (QED) is 0.801. The molecule has 1 aliphatic rings. The van der Waals surface area contributed by atoms with Crippen LogP contribution in [0.2, 0.25) is 0 Å². The Bertz CT molecular complexity index is 477. The van der Waals surface area contributed by atoms with E-state index >= 15 is 0 Å². The van der Waals surface area contributed by atoms with Crippen molar-refractivity contribution in [2.45, 2.75) is 0 Å². The van der Waals surface area contributed by atoms with E-state index < -0.39 is 6.09 Å². The van der Waals surface area contributed by atoms with Crippen molar-refractivity contribution in [3.63, 3.8) is 0 Å². The maximum atomic E-state index is 11.6. The summed E-state index contributed by atoms with van der Waals surface area (Å²) < 4.78 is 20.8. The van der Waals surface area contributed by atoms with Gasteiger partial charge in [0.2, 0.25) is 5.75 Å². The van der Waals surface area contributed by atoms with Crippen LogP contribution in [0.15, 0.2) is 12.1 Å². The molecular weight excluding hydrogens is 252 g/mol. The standard InChI is InChI=1S/C12H16N2O5/c1-16-9-4-3-8(14-5-6-18-12(14)15)10(17-2)11(9)19-7-13/h3-4H,5-7,13H2,1-2H3. The number of cyclic esters (lactones) is 1. The van der Waals surface area contributed by atoms with Crippen molar-refractivity contribution in [2.75, 3.05) is 39.0 Å². The molecule has 0 atom stereocenters. The first kappa shape index (κ1) is 13.3. The molecule has 1 aliphatic heterocycles. The van der Waals surface area contributed by atoms with Gasteiger partial charge in [0.1, 0.15) is 13.3 Å². The van der Waals surface area contributed by atoms with Crippen molar-refractivity contribution in [1.82, 2.24) is 0 Å². The molecule has 2 rings (SSSR count). The average Bonchev–Trinajstić information content (AvgIpc) is 2.84. The summed E-state index contributed by atoms with van der Waals surface area (Å²) in [6, 6.07) is 3.40. The summed E-state index contributed by atoms with van der Waals surface area (Å²) in [5.41, 5.74) is 5.96. The third-order valence-corrected chi connectivity index (χ3v) is 2.76. The zero-order chi connectivity index (χ0) is 13.8. The first-order chi connectivity index (χ1) is 9.22. The SMILES string of the molecule is COc1ccc(N2CCOC2=O)c(OC)c1OCN. The van der Waals surface area contributed by atoms with Crippen molar-refractivity contribution in [2.24, 2.45) is 5.73 Å². The molecule has 0 aliphatic carbocycles. The van der Waals surface area contributed by atoms with E-state index in [0.29, 0.717) is 36.1 Å². The number of carbonyl (C=O) groups excluding carboxylic acids is 1. The van der Waals surface area contributed by atoms with Crippen LogP contribution < -0.4 is 24.8 Å². The van der Waals surface area contributed by atoms with E-state index in [4.69, 9.17) is 24.7 Å². The van der Waals surface area contributed by atoms with Gasteiger partial charge in [-0.2, -0.15) is 0 Å². The minimum Gasteiger partial charge on any atom is -0.493 e. The Labute approximate surface area is 110 Å². The van der Waals surface area contributed by atoms with Crippen molar-refractivity contribution >= 4 is 11.8 Å². The smallest absolute Gasteiger partial charge is 0.414 e. The summed E-state index contributed by atoms with van der Waals surface area (Å²) in [5, 5.41) is 0. The van der Waals surface area contributed by atoms with Gasteiger partial charge in [0, 0.05) is 0 Å². The second-order valence-electron chi connectivity index (χ2n) is 3.73. The van der Waals surface area contributed by atoms with E-state index in [9.17, 15) is 4.79 Å². The predicted molar refractivity (Wildman–Crippen MR) is 67.9 cm³/mol. The fourth-order valence-corrected chi connectivity index (χ4v) is 1.94. The number of benzene rings is 1. The normalized spacial score (nSPS) is 14.3. The van der Waals surface area contributed by atoms with E-state index in [1.54, 1.807) is 12.1 Å². The topological polar surface area (TPSA) is 83.2 Å². The minimum absolute atomic E-state index is 0.0272. The third kappa shape index (κ3) is 2.37. The number of nitrogens with two attached hydrogens (primary N) is 1. The lowest BCUT2D eigenvalue weighted by atomic mass is 10.2. The lowest BCUT2D eigenvalue weighted by molar-refractivity contribution is 0.181. The number of amides is 1. The van der Waals surface area contributed by atoms with Crippen LogP contribution in [0, 0.1) is 0 Å². The fraction of sp³-hybridized carbons (Fsp3) is 0.417. The fourth-order valence-electron chi connectivity index (χ4n) is 1.94. The first-order valence-electron chi connectivity index (χ1n) is 5.75. The lowest BCUT2D eigenvalue weighted by Gasteiger charge is -2.20. The van der Waals surface area contributed by atoms with E-state index in [0.717, 1.165) is 0 Å². The van der Waals surface area contributed by atoms with Gasteiger partial charge < -0.3 is 18.9 Å². The highest BCUT2D eigenvalue weighted by molar-refractivity contribution is 5.92. The van der Waals surface area contributed by atoms with Gasteiger partial charge >= 0.3 is 6.09 Å². The number of nitrogens with zero attached hydrogens (tertiary/aromatic N) is 1. The first-order valence-corrected chi connectivity index (χ1v) is 5.75. The number of anilines is 1. The molecule has 1 amide bonds. The van der Waals surface area contributed by atoms with Crippen LogP contribution in [0.5, 0.6) is 17.2 Å². The van der Waals surface area contributed by atoms with Gasteiger partial charge in [0.25, 0.3) is 0 Å². The van der Waals surface area contributed by atoms with Gasteiger partial charge in [-0.1, -0.05) is 0 Å². The molecule has 1 fully saturated rings. The van der Waals surface area contributed by atoms with Crippen LogP contribution in [0.4, 0.5) is 10.5 Å². The van der Waals surface area contributed by atoms with E-state index in [1.807, 2.05) is 0 Å². The minimum atomic E-state index is -0.415. The molecule has 1 aromatic rings. The molecule has 0 spiro atoms. The van der Waals surface area contributed by atoms with Gasteiger partial charge in [-0.3, -0.25) is 10.6 Å². The number of methoxy groups -OCH3 is 2. The van der Waals surface area contributed by atoms with Crippen LogP contribution in [0.1, 0.15) is 0 Å². The van der Waals surface area contributed by atoms with E-state index in [2.05, 4.69) is 0 Å². The summed E-state index contributed by atoms with van der Waals surface area (Å²) in [4.78, 5) is 13.1. The molecule has 1 saturated heterocycles. The molecule has 0 unspecified atom stereocenters. The Morgan fingerprint density at radius 2 is 2.11 bits per heavy atom. The van der Waals surface area contributed by atoms with Gasteiger partial charge in [0.15, 0.2) is 11.5 Å². The van der Waals surface area contributed by atoms with Gasteiger partial charge in [-0.15, -0.1) is 0 Å². The highest BCUT2D eigenvalue weighted by Crippen LogP contribution is 2.44. The number of hydrogen-bond donors (Lipinski definition) is 1. The van der Waals surface area contributed by atoms with Crippen molar-refractivity contribution in [3.05, 3.63) is 12.1 Å². The summed E-state index contributed by atoms with van der Waals surface area (Å²) in [5.74, 6) is 1.24. The Kier molecular flexibility index (Phi) is 3.96. The summed E-state index contributed by atoms with van der Waals surface area (Å²) in [7, 11) is 3.00. The average molecular weight is 268 g/mol. The third-order valence-electron chi connectivity index (χ3n) is 2.76. The van der Waals surface area contributed by atoms with Gasteiger partial charge in [-0.25, -0.2) is 4.79 Å². The Balaban J connectivity index is 2.49. The van der Waals surface area contributed by atoms with Gasteiger partial charge in [-0.05, 0) is 12.1 Å². The second kappa shape index (κ2) is 5.66. The molecule has 0 radical (unpaired) electrons. The van der Waals surface area contributed by atoms with Crippen molar-refractivity contribution < 1.29 is 23.7 Å². The zero-order valence-corrected chi connectivity index (χ0v) is 10.8.